The van der Waals surface area contributed by atoms with Gasteiger partial charge in [-0.1, -0.05) is 40.0 Å². The van der Waals surface area contributed by atoms with Crippen LogP contribution in [-0.4, -0.2) is 17.6 Å². The molecule has 3 atom stereocenters. The van der Waals surface area contributed by atoms with Crippen molar-refractivity contribution >= 4 is 11.6 Å². The Labute approximate surface area is 118 Å². The summed E-state index contributed by atoms with van der Waals surface area (Å²) in [5, 5.41) is 0.308. The van der Waals surface area contributed by atoms with Crippen molar-refractivity contribution in [3.63, 3.8) is 0 Å². The molecule has 1 heterocycles. The molecule has 2 fully saturated rings. The maximum Gasteiger partial charge on any atom is 0.0641 e. The lowest BCUT2D eigenvalue weighted by Crippen LogP contribution is -2.36. The van der Waals surface area contributed by atoms with Crippen molar-refractivity contribution in [2.45, 2.75) is 89.7 Å². The normalized spacial score (nSPS) is 36.3. The van der Waals surface area contributed by atoms with E-state index < -0.39 is 0 Å². The molecule has 0 amide bonds. The van der Waals surface area contributed by atoms with Gasteiger partial charge in [0.25, 0.3) is 0 Å². The van der Waals surface area contributed by atoms with Gasteiger partial charge in [0.15, 0.2) is 0 Å². The number of hydrogen-bond acceptors (Lipinski definition) is 1. The largest absolute Gasteiger partial charge is 0.374 e. The summed E-state index contributed by atoms with van der Waals surface area (Å²) in [5.74, 6) is 0.797. The summed E-state index contributed by atoms with van der Waals surface area (Å²) in [5.41, 5.74) is 0.213. The van der Waals surface area contributed by atoms with Gasteiger partial charge in [-0.3, -0.25) is 0 Å². The highest BCUT2D eigenvalue weighted by molar-refractivity contribution is 6.20. The number of halogens is 1. The van der Waals surface area contributed by atoms with E-state index in [1.165, 1.54) is 38.5 Å². The summed E-state index contributed by atoms with van der Waals surface area (Å²) in [6.45, 7) is 6.85. The van der Waals surface area contributed by atoms with Crippen molar-refractivity contribution in [2.24, 2.45) is 11.3 Å². The average Bonchev–Trinajstić information content (AvgIpc) is 2.52. The van der Waals surface area contributed by atoms with Gasteiger partial charge in [0, 0.05) is 5.38 Å². The minimum Gasteiger partial charge on any atom is -0.374 e. The van der Waals surface area contributed by atoms with Gasteiger partial charge in [-0.2, -0.15) is 0 Å². The molecule has 1 nitrogen and oxygen atoms in total. The van der Waals surface area contributed by atoms with Gasteiger partial charge in [-0.25, -0.2) is 0 Å². The van der Waals surface area contributed by atoms with Crippen LogP contribution >= 0.6 is 11.6 Å². The Kier molecular flexibility index (Phi) is 4.99. The maximum absolute atomic E-state index is 6.50. The van der Waals surface area contributed by atoms with Gasteiger partial charge in [-0.05, 0) is 43.4 Å². The lowest BCUT2D eigenvalue weighted by molar-refractivity contribution is -0.0900. The quantitative estimate of drug-likeness (QED) is 0.599. The first-order valence-corrected chi connectivity index (χ1v) is 8.20. The van der Waals surface area contributed by atoms with Crippen LogP contribution in [0.25, 0.3) is 0 Å². The fraction of sp³-hybridized carbons (Fsp3) is 1.00. The molecule has 1 aliphatic carbocycles. The zero-order valence-corrected chi connectivity index (χ0v) is 13.0. The minimum atomic E-state index is 0.213. The Balaban J connectivity index is 2.01. The molecule has 2 heteroatoms. The first-order chi connectivity index (χ1) is 8.47. The molecule has 18 heavy (non-hydrogen) atoms. The molecule has 1 saturated heterocycles. The summed E-state index contributed by atoms with van der Waals surface area (Å²) in [6.07, 6.45) is 11.1. The lowest BCUT2D eigenvalue weighted by Gasteiger charge is -2.36. The summed E-state index contributed by atoms with van der Waals surface area (Å²) in [7, 11) is 0. The topological polar surface area (TPSA) is 9.23 Å². The van der Waals surface area contributed by atoms with E-state index in [2.05, 4.69) is 20.8 Å². The third-order valence-electron chi connectivity index (χ3n) is 4.71. The van der Waals surface area contributed by atoms with Gasteiger partial charge < -0.3 is 4.74 Å². The molecule has 0 aromatic rings. The zero-order valence-electron chi connectivity index (χ0n) is 12.3. The average molecular weight is 273 g/mol. The molecule has 0 aromatic heterocycles. The molecule has 0 radical (unpaired) electrons. The standard InChI is InChI=1S/C16H29ClO/c1-16(2,3)15-11-13(17)9-10-14(18-15)12-7-5-4-6-8-12/h12-15H,4-11H2,1-3H3/t13-,14-,15+/m1/s1. The van der Waals surface area contributed by atoms with Crippen molar-refractivity contribution in [1.82, 2.24) is 0 Å². The van der Waals surface area contributed by atoms with Crippen molar-refractivity contribution in [3.8, 4) is 0 Å². The Bertz CT molecular complexity index is 252. The van der Waals surface area contributed by atoms with Crippen LogP contribution < -0.4 is 0 Å². The number of hydrogen-bond donors (Lipinski definition) is 0. The second-order valence-corrected chi connectivity index (χ2v) is 7.95. The second kappa shape index (κ2) is 6.13. The van der Waals surface area contributed by atoms with Crippen LogP contribution in [0.5, 0.6) is 0 Å². The van der Waals surface area contributed by atoms with Crippen LogP contribution in [-0.2, 0) is 4.74 Å². The molecular formula is C16H29ClO. The van der Waals surface area contributed by atoms with E-state index in [1.807, 2.05) is 0 Å². The highest BCUT2D eigenvalue weighted by atomic mass is 35.5. The molecule has 0 spiro atoms. The van der Waals surface area contributed by atoms with Gasteiger partial charge in [0.2, 0.25) is 0 Å². The Morgan fingerprint density at radius 1 is 0.944 bits per heavy atom. The zero-order chi connectivity index (χ0) is 13.2. The van der Waals surface area contributed by atoms with Crippen molar-refractivity contribution in [1.29, 1.82) is 0 Å². The molecular weight excluding hydrogens is 244 g/mol. The Morgan fingerprint density at radius 3 is 2.22 bits per heavy atom. The molecule has 0 N–H and O–H groups in total. The van der Waals surface area contributed by atoms with Gasteiger partial charge in [0.1, 0.15) is 0 Å². The summed E-state index contributed by atoms with van der Waals surface area (Å²) < 4.78 is 6.50. The van der Waals surface area contributed by atoms with E-state index in [4.69, 9.17) is 16.3 Å². The fourth-order valence-corrected chi connectivity index (χ4v) is 3.73. The number of alkyl halides is 1. The molecule has 0 aromatic carbocycles. The van der Waals surface area contributed by atoms with Crippen LogP contribution in [0.4, 0.5) is 0 Å². The Morgan fingerprint density at radius 2 is 1.61 bits per heavy atom. The monoisotopic (exact) mass is 272 g/mol. The molecule has 1 saturated carbocycles. The van der Waals surface area contributed by atoms with Gasteiger partial charge in [-0.15, -0.1) is 11.6 Å². The summed E-state index contributed by atoms with van der Waals surface area (Å²) in [4.78, 5) is 0. The minimum absolute atomic E-state index is 0.213. The predicted octanol–water partition coefficient (Wildman–Crippen LogP) is 5.16. The first-order valence-electron chi connectivity index (χ1n) is 7.76. The smallest absolute Gasteiger partial charge is 0.0641 e. The Hall–Kier alpha value is 0.250. The maximum atomic E-state index is 6.50. The first kappa shape index (κ1) is 14.7. The van der Waals surface area contributed by atoms with Crippen LogP contribution in [0, 0.1) is 11.3 Å². The van der Waals surface area contributed by atoms with E-state index in [0.717, 1.165) is 18.8 Å². The van der Waals surface area contributed by atoms with E-state index in [9.17, 15) is 0 Å². The predicted molar refractivity (Wildman–Crippen MR) is 78.2 cm³/mol. The molecule has 2 rings (SSSR count). The highest BCUT2D eigenvalue weighted by Crippen LogP contribution is 2.38. The van der Waals surface area contributed by atoms with Crippen LogP contribution in [0.1, 0.15) is 72.1 Å². The molecule has 1 aliphatic heterocycles. The van der Waals surface area contributed by atoms with Crippen LogP contribution in [0.3, 0.4) is 0 Å². The van der Waals surface area contributed by atoms with E-state index in [-0.39, 0.29) is 5.41 Å². The van der Waals surface area contributed by atoms with Gasteiger partial charge in [0.05, 0.1) is 12.2 Å². The lowest BCUT2D eigenvalue weighted by atomic mass is 9.83. The van der Waals surface area contributed by atoms with Crippen molar-refractivity contribution in [2.75, 3.05) is 0 Å². The fourth-order valence-electron chi connectivity index (χ4n) is 3.44. The van der Waals surface area contributed by atoms with Crippen LogP contribution in [0.15, 0.2) is 0 Å². The van der Waals surface area contributed by atoms with Gasteiger partial charge >= 0.3 is 0 Å². The van der Waals surface area contributed by atoms with E-state index in [0.29, 0.717) is 17.6 Å². The summed E-state index contributed by atoms with van der Waals surface area (Å²) in [6, 6.07) is 0. The second-order valence-electron chi connectivity index (χ2n) is 7.34. The molecule has 2 aliphatic rings. The SMILES string of the molecule is CC(C)(C)[C@@H]1C[C@H](Cl)CC[C@H](C2CCCCC2)O1. The number of ether oxygens (including phenoxy) is 1. The highest BCUT2D eigenvalue weighted by Gasteiger charge is 2.36. The van der Waals surface area contributed by atoms with Crippen molar-refractivity contribution < 1.29 is 4.74 Å². The van der Waals surface area contributed by atoms with E-state index in [1.54, 1.807) is 0 Å². The molecule has 0 bridgehead atoms. The summed E-state index contributed by atoms with van der Waals surface area (Å²) >= 11 is 6.45. The van der Waals surface area contributed by atoms with Crippen LogP contribution in [0.2, 0.25) is 0 Å². The van der Waals surface area contributed by atoms with Crippen molar-refractivity contribution in [3.05, 3.63) is 0 Å². The third kappa shape index (κ3) is 3.87. The molecule has 106 valence electrons. The third-order valence-corrected chi connectivity index (χ3v) is 5.11. The molecule has 0 unspecified atom stereocenters. The van der Waals surface area contributed by atoms with E-state index >= 15 is 0 Å². The number of rotatable bonds is 1.